The Balaban J connectivity index is 2.15. The molecular formula is C13H17BrN4O2. The van der Waals surface area contributed by atoms with Crippen LogP contribution in [-0.2, 0) is 16.1 Å². The van der Waals surface area contributed by atoms with Crippen LogP contribution >= 0.6 is 15.9 Å². The number of carbonyl (C=O) groups excluding carboxylic acids is 1. The van der Waals surface area contributed by atoms with Crippen LogP contribution < -0.4 is 5.32 Å². The van der Waals surface area contributed by atoms with Crippen molar-refractivity contribution in [1.29, 1.82) is 0 Å². The van der Waals surface area contributed by atoms with Gasteiger partial charge in [0, 0.05) is 12.7 Å². The number of halogens is 1. The first-order chi connectivity index (χ1) is 9.52. The highest BCUT2D eigenvalue weighted by molar-refractivity contribution is 9.10. The van der Waals surface area contributed by atoms with Gasteiger partial charge in [-0.25, -0.2) is 9.97 Å². The largest absolute Gasteiger partial charge is 0.468 e. The lowest BCUT2D eigenvalue weighted by Gasteiger charge is -2.19. The normalized spacial score (nSPS) is 12.8. The van der Waals surface area contributed by atoms with E-state index in [2.05, 4.69) is 31.2 Å². The van der Waals surface area contributed by atoms with Gasteiger partial charge in [-0.2, -0.15) is 0 Å². The van der Waals surface area contributed by atoms with Crippen molar-refractivity contribution in [3.05, 3.63) is 28.9 Å². The Labute approximate surface area is 125 Å². The van der Waals surface area contributed by atoms with Crippen molar-refractivity contribution >= 4 is 27.5 Å². The molecule has 1 atom stereocenters. The molecule has 2 aromatic heterocycles. The van der Waals surface area contributed by atoms with Gasteiger partial charge in [0.15, 0.2) is 5.65 Å². The average molecular weight is 341 g/mol. The molecule has 0 unspecified atom stereocenters. The summed E-state index contributed by atoms with van der Waals surface area (Å²) in [7, 11) is 1.40. The van der Waals surface area contributed by atoms with Crippen molar-refractivity contribution in [3.63, 3.8) is 0 Å². The van der Waals surface area contributed by atoms with Crippen molar-refractivity contribution in [2.75, 3.05) is 7.11 Å². The number of imidazole rings is 1. The number of aromatic nitrogens is 3. The quantitative estimate of drug-likeness (QED) is 0.840. The lowest BCUT2D eigenvalue weighted by atomic mass is 10.0. The van der Waals surface area contributed by atoms with E-state index in [1.54, 1.807) is 12.4 Å². The maximum absolute atomic E-state index is 11.7. The molecule has 0 aliphatic carbocycles. The van der Waals surface area contributed by atoms with Gasteiger partial charge in [-0.3, -0.25) is 14.5 Å². The van der Waals surface area contributed by atoms with Crippen molar-refractivity contribution in [2.24, 2.45) is 5.92 Å². The molecule has 0 saturated carbocycles. The van der Waals surface area contributed by atoms with Gasteiger partial charge in [0.05, 0.1) is 25.2 Å². The zero-order valence-corrected chi connectivity index (χ0v) is 13.2. The summed E-state index contributed by atoms with van der Waals surface area (Å²) in [6.07, 6.45) is 5.31. The van der Waals surface area contributed by atoms with Crippen LogP contribution in [0.25, 0.3) is 5.65 Å². The summed E-state index contributed by atoms with van der Waals surface area (Å²) >= 11 is 3.33. The third kappa shape index (κ3) is 3.16. The fourth-order valence-electron chi connectivity index (χ4n) is 1.98. The number of rotatable bonds is 5. The third-order valence-corrected chi connectivity index (χ3v) is 3.48. The smallest absolute Gasteiger partial charge is 0.323 e. The lowest BCUT2D eigenvalue weighted by Crippen LogP contribution is -2.41. The van der Waals surface area contributed by atoms with Crippen LogP contribution in [0.5, 0.6) is 0 Å². The van der Waals surface area contributed by atoms with Crippen LogP contribution in [0.3, 0.4) is 0 Å². The summed E-state index contributed by atoms with van der Waals surface area (Å²) in [6, 6.07) is -0.337. The van der Waals surface area contributed by atoms with Gasteiger partial charge in [-0.15, -0.1) is 0 Å². The van der Waals surface area contributed by atoms with Crippen molar-refractivity contribution in [2.45, 2.75) is 26.4 Å². The first-order valence-electron chi connectivity index (χ1n) is 6.31. The molecule has 2 aromatic rings. The fraction of sp³-hybridized carbons (Fsp3) is 0.462. The molecule has 0 spiro atoms. The summed E-state index contributed by atoms with van der Waals surface area (Å²) in [5.74, 6) is -0.105. The number of fused-ring (bicyclic) bond motifs is 1. The molecule has 6 nitrogen and oxygen atoms in total. The Morgan fingerprint density at radius 1 is 1.45 bits per heavy atom. The molecule has 0 amide bonds. The molecule has 0 fully saturated rings. The second-order valence-electron chi connectivity index (χ2n) is 4.81. The Kier molecular flexibility index (Phi) is 4.72. The number of nitrogens with zero attached hydrogens (tertiary/aromatic N) is 3. The minimum Gasteiger partial charge on any atom is -0.468 e. The standard InChI is InChI=1S/C13H17BrN4O2/c1-8(2)12(13(19)20-3)17-5-9-4-16-11-6-15-10(14)7-18(9)11/h4,6-8,12,17H,5H2,1-3H3/t12-/m0/s1. The van der Waals surface area contributed by atoms with E-state index in [4.69, 9.17) is 4.74 Å². The van der Waals surface area contributed by atoms with Crippen LogP contribution in [0.2, 0.25) is 0 Å². The highest BCUT2D eigenvalue weighted by Crippen LogP contribution is 2.11. The highest BCUT2D eigenvalue weighted by Gasteiger charge is 2.22. The topological polar surface area (TPSA) is 68.5 Å². The minimum absolute atomic E-state index is 0.148. The Morgan fingerprint density at radius 3 is 2.85 bits per heavy atom. The third-order valence-electron chi connectivity index (χ3n) is 3.07. The molecular weight excluding hydrogens is 324 g/mol. The predicted molar refractivity (Wildman–Crippen MR) is 78.2 cm³/mol. The number of methoxy groups -OCH3 is 1. The molecule has 7 heteroatoms. The first-order valence-corrected chi connectivity index (χ1v) is 7.11. The number of carbonyl (C=O) groups is 1. The molecule has 0 bridgehead atoms. The molecule has 108 valence electrons. The summed E-state index contributed by atoms with van der Waals surface area (Å²) in [5, 5.41) is 3.21. The lowest BCUT2D eigenvalue weighted by molar-refractivity contribution is -0.144. The maximum Gasteiger partial charge on any atom is 0.323 e. The van der Waals surface area contributed by atoms with E-state index in [9.17, 15) is 4.79 Å². The van der Waals surface area contributed by atoms with Crippen LogP contribution in [0.1, 0.15) is 19.5 Å². The number of hydrogen-bond donors (Lipinski definition) is 1. The van der Waals surface area contributed by atoms with Crippen LogP contribution in [0.15, 0.2) is 23.2 Å². The average Bonchev–Trinajstić information content (AvgIpc) is 2.80. The van der Waals surface area contributed by atoms with Crippen LogP contribution in [0.4, 0.5) is 0 Å². The van der Waals surface area contributed by atoms with Gasteiger partial charge in [-0.1, -0.05) is 13.8 Å². The number of hydrogen-bond acceptors (Lipinski definition) is 5. The van der Waals surface area contributed by atoms with E-state index in [1.165, 1.54) is 7.11 Å². The van der Waals surface area contributed by atoms with Gasteiger partial charge in [0.1, 0.15) is 10.6 Å². The molecule has 0 aliphatic rings. The van der Waals surface area contributed by atoms with Crippen molar-refractivity contribution in [1.82, 2.24) is 19.7 Å². The predicted octanol–water partition coefficient (Wildman–Crippen LogP) is 1.78. The summed E-state index contributed by atoms with van der Waals surface area (Å²) in [5.41, 5.74) is 1.72. The van der Waals surface area contributed by atoms with E-state index >= 15 is 0 Å². The summed E-state index contributed by atoms with van der Waals surface area (Å²) in [4.78, 5) is 20.1. The molecule has 0 aliphatic heterocycles. The summed E-state index contributed by atoms with van der Waals surface area (Å²) < 4.78 is 7.47. The molecule has 20 heavy (non-hydrogen) atoms. The van der Waals surface area contributed by atoms with Gasteiger partial charge < -0.3 is 4.74 Å². The van der Waals surface area contributed by atoms with E-state index < -0.39 is 0 Å². The zero-order chi connectivity index (χ0) is 14.7. The van der Waals surface area contributed by atoms with Gasteiger partial charge in [0.25, 0.3) is 0 Å². The molecule has 1 N–H and O–H groups in total. The van der Waals surface area contributed by atoms with E-state index in [-0.39, 0.29) is 17.9 Å². The second kappa shape index (κ2) is 6.32. The SMILES string of the molecule is COC(=O)[C@@H](NCc1cnc2cnc(Br)cn12)C(C)C. The zero-order valence-electron chi connectivity index (χ0n) is 11.6. The van der Waals surface area contributed by atoms with E-state index in [0.29, 0.717) is 6.54 Å². The molecule has 2 rings (SSSR count). The maximum atomic E-state index is 11.7. The number of nitrogens with one attached hydrogen (secondary N) is 1. The summed E-state index contributed by atoms with van der Waals surface area (Å²) in [6.45, 7) is 4.47. The van der Waals surface area contributed by atoms with E-state index in [0.717, 1.165) is 15.9 Å². The Morgan fingerprint density at radius 2 is 2.20 bits per heavy atom. The Hall–Kier alpha value is -1.47. The number of ether oxygens (including phenoxy) is 1. The highest BCUT2D eigenvalue weighted by atomic mass is 79.9. The molecule has 2 heterocycles. The molecule has 0 aromatic carbocycles. The monoisotopic (exact) mass is 340 g/mol. The molecule has 0 radical (unpaired) electrons. The molecule has 0 saturated heterocycles. The second-order valence-corrected chi connectivity index (χ2v) is 5.63. The Bertz CT molecular complexity index is 611. The van der Waals surface area contributed by atoms with Crippen molar-refractivity contribution in [3.8, 4) is 0 Å². The minimum atomic E-state index is -0.337. The van der Waals surface area contributed by atoms with Gasteiger partial charge in [-0.05, 0) is 21.8 Å². The van der Waals surface area contributed by atoms with Crippen LogP contribution in [-0.4, -0.2) is 33.5 Å². The van der Waals surface area contributed by atoms with E-state index in [1.807, 2.05) is 24.4 Å². The van der Waals surface area contributed by atoms with Crippen molar-refractivity contribution < 1.29 is 9.53 Å². The van der Waals surface area contributed by atoms with Gasteiger partial charge >= 0.3 is 5.97 Å². The fourth-order valence-corrected chi connectivity index (χ4v) is 2.29. The first kappa shape index (κ1) is 14.9. The van der Waals surface area contributed by atoms with Gasteiger partial charge in [0.2, 0.25) is 0 Å². The van der Waals surface area contributed by atoms with Crippen LogP contribution in [0, 0.1) is 5.92 Å². The number of esters is 1.